The number of hydrogen-bond acceptors (Lipinski definition) is 4. The Morgan fingerprint density at radius 3 is 2.44 bits per heavy atom. The van der Waals surface area contributed by atoms with E-state index in [-0.39, 0.29) is 0 Å². The lowest BCUT2D eigenvalue weighted by Gasteiger charge is -2.37. The summed E-state index contributed by atoms with van der Waals surface area (Å²) < 4.78 is 7.52. The van der Waals surface area contributed by atoms with Crippen LogP contribution in [-0.2, 0) is 31.2 Å². The highest BCUT2D eigenvalue weighted by atomic mass is 16.5. The predicted molar refractivity (Wildman–Crippen MR) is 111 cm³/mol. The number of aryl methyl sites for hydroxylation is 2. The van der Waals surface area contributed by atoms with E-state index in [1.165, 1.54) is 17.0 Å². The molecule has 1 atom stereocenters. The van der Waals surface area contributed by atoms with Gasteiger partial charge in [-0.05, 0) is 18.8 Å². The van der Waals surface area contributed by atoms with E-state index >= 15 is 0 Å². The number of rotatable bonds is 8. The first kappa shape index (κ1) is 21.7. The van der Waals surface area contributed by atoms with Gasteiger partial charge in [-0.3, -0.25) is 14.6 Å². The quantitative estimate of drug-likeness (QED) is 0.531. The van der Waals surface area contributed by atoms with Crippen molar-refractivity contribution in [2.45, 2.75) is 53.1 Å². The lowest BCUT2D eigenvalue weighted by Crippen LogP contribution is -2.52. The van der Waals surface area contributed by atoms with E-state index in [0.29, 0.717) is 12.0 Å². The Labute approximate surface area is 164 Å². The van der Waals surface area contributed by atoms with Crippen LogP contribution in [0.3, 0.4) is 0 Å². The SMILES string of the molecule is CCc1nn(C)c(CC)c1CNC(=NC)NCC(C(C)C)N1CCOCC1. The van der Waals surface area contributed by atoms with Crippen molar-refractivity contribution in [3.63, 3.8) is 0 Å². The summed E-state index contributed by atoms with van der Waals surface area (Å²) in [5, 5.41) is 11.7. The van der Waals surface area contributed by atoms with Crippen LogP contribution in [-0.4, -0.2) is 66.6 Å². The average molecular weight is 379 g/mol. The highest BCUT2D eigenvalue weighted by Gasteiger charge is 2.24. The number of ether oxygens (including phenoxy) is 1. The molecule has 0 spiro atoms. The first-order valence-electron chi connectivity index (χ1n) is 10.3. The van der Waals surface area contributed by atoms with E-state index in [1.54, 1.807) is 0 Å². The van der Waals surface area contributed by atoms with Crippen LogP contribution in [0.25, 0.3) is 0 Å². The third-order valence-corrected chi connectivity index (χ3v) is 5.45. The van der Waals surface area contributed by atoms with Crippen LogP contribution < -0.4 is 10.6 Å². The molecule has 1 fully saturated rings. The van der Waals surface area contributed by atoms with Crippen molar-refractivity contribution < 1.29 is 4.74 Å². The minimum absolute atomic E-state index is 0.475. The molecule has 1 saturated heterocycles. The molecule has 7 heteroatoms. The largest absolute Gasteiger partial charge is 0.379 e. The van der Waals surface area contributed by atoms with Gasteiger partial charge in [0, 0.05) is 57.6 Å². The van der Waals surface area contributed by atoms with Gasteiger partial charge >= 0.3 is 0 Å². The van der Waals surface area contributed by atoms with Crippen LogP contribution in [0.4, 0.5) is 0 Å². The molecule has 7 nitrogen and oxygen atoms in total. The zero-order chi connectivity index (χ0) is 19.8. The average Bonchev–Trinajstić information content (AvgIpc) is 2.99. The molecular formula is C20H38N6O. The fourth-order valence-electron chi connectivity index (χ4n) is 3.88. The van der Waals surface area contributed by atoms with Gasteiger partial charge in [0.25, 0.3) is 0 Å². The van der Waals surface area contributed by atoms with Crippen molar-refractivity contribution in [3.05, 3.63) is 17.0 Å². The van der Waals surface area contributed by atoms with Gasteiger partial charge in [0.2, 0.25) is 0 Å². The van der Waals surface area contributed by atoms with E-state index in [2.05, 4.69) is 53.3 Å². The molecule has 0 aliphatic carbocycles. The summed E-state index contributed by atoms with van der Waals surface area (Å²) >= 11 is 0. The van der Waals surface area contributed by atoms with Crippen LogP contribution in [0.2, 0.25) is 0 Å². The molecule has 0 amide bonds. The van der Waals surface area contributed by atoms with Gasteiger partial charge in [-0.15, -0.1) is 0 Å². The predicted octanol–water partition coefficient (Wildman–Crippen LogP) is 1.57. The summed E-state index contributed by atoms with van der Waals surface area (Å²) in [6, 6.07) is 0.475. The van der Waals surface area contributed by atoms with Crippen LogP contribution in [0.5, 0.6) is 0 Å². The second kappa shape index (κ2) is 10.7. The van der Waals surface area contributed by atoms with Crippen molar-refractivity contribution in [1.29, 1.82) is 0 Å². The molecular weight excluding hydrogens is 340 g/mol. The summed E-state index contributed by atoms with van der Waals surface area (Å²) in [7, 11) is 3.86. The summed E-state index contributed by atoms with van der Waals surface area (Å²) in [5.74, 6) is 1.42. The maximum absolute atomic E-state index is 5.50. The van der Waals surface area contributed by atoms with E-state index in [1.807, 2.05) is 18.8 Å². The molecule has 0 saturated carbocycles. The smallest absolute Gasteiger partial charge is 0.191 e. The number of aliphatic imine (C=N–C) groups is 1. The summed E-state index contributed by atoms with van der Waals surface area (Å²) in [5.41, 5.74) is 3.77. The molecule has 1 unspecified atom stereocenters. The Morgan fingerprint density at radius 1 is 1.19 bits per heavy atom. The molecule has 154 valence electrons. The number of guanidine groups is 1. The van der Waals surface area contributed by atoms with Crippen molar-refractivity contribution in [2.24, 2.45) is 18.0 Å². The van der Waals surface area contributed by atoms with Crippen molar-refractivity contribution in [1.82, 2.24) is 25.3 Å². The third kappa shape index (κ3) is 5.69. The molecule has 1 aromatic rings. The highest BCUT2D eigenvalue weighted by Crippen LogP contribution is 2.15. The lowest BCUT2D eigenvalue weighted by molar-refractivity contribution is 0.00752. The van der Waals surface area contributed by atoms with Gasteiger partial charge in [-0.2, -0.15) is 5.10 Å². The van der Waals surface area contributed by atoms with Gasteiger partial charge in [0.05, 0.1) is 18.9 Å². The van der Waals surface area contributed by atoms with E-state index in [9.17, 15) is 0 Å². The van der Waals surface area contributed by atoms with E-state index < -0.39 is 0 Å². The van der Waals surface area contributed by atoms with Crippen molar-refractivity contribution >= 4 is 5.96 Å². The second-order valence-corrected chi connectivity index (χ2v) is 7.47. The minimum Gasteiger partial charge on any atom is -0.379 e. The summed E-state index contributed by atoms with van der Waals surface area (Å²) in [6.45, 7) is 14.2. The number of nitrogens with zero attached hydrogens (tertiary/aromatic N) is 4. The lowest BCUT2D eigenvalue weighted by atomic mass is 10.0. The van der Waals surface area contributed by atoms with Crippen LogP contribution in [0.15, 0.2) is 4.99 Å². The van der Waals surface area contributed by atoms with Gasteiger partial charge in [-0.1, -0.05) is 27.7 Å². The Morgan fingerprint density at radius 2 is 1.89 bits per heavy atom. The fourth-order valence-corrected chi connectivity index (χ4v) is 3.88. The number of aromatic nitrogens is 2. The third-order valence-electron chi connectivity index (χ3n) is 5.45. The molecule has 0 radical (unpaired) electrons. The Balaban J connectivity index is 1.95. The minimum atomic E-state index is 0.475. The normalized spacial score (nSPS) is 17.4. The zero-order valence-corrected chi connectivity index (χ0v) is 18.0. The number of nitrogens with one attached hydrogen (secondary N) is 2. The van der Waals surface area contributed by atoms with Gasteiger partial charge in [0.15, 0.2) is 5.96 Å². The molecule has 2 N–H and O–H groups in total. The van der Waals surface area contributed by atoms with Gasteiger partial charge in [-0.25, -0.2) is 0 Å². The van der Waals surface area contributed by atoms with E-state index in [0.717, 1.165) is 58.2 Å². The zero-order valence-electron chi connectivity index (χ0n) is 18.0. The van der Waals surface area contributed by atoms with Gasteiger partial charge in [0.1, 0.15) is 0 Å². The second-order valence-electron chi connectivity index (χ2n) is 7.47. The maximum atomic E-state index is 5.50. The van der Waals surface area contributed by atoms with Crippen molar-refractivity contribution in [2.75, 3.05) is 39.9 Å². The topological polar surface area (TPSA) is 66.7 Å². The van der Waals surface area contributed by atoms with Crippen LogP contribution in [0.1, 0.15) is 44.6 Å². The molecule has 27 heavy (non-hydrogen) atoms. The highest BCUT2D eigenvalue weighted by molar-refractivity contribution is 5.79. The molecule has 1 aliphatic heterocycles. The fraction of sp³-hybridized carbons (Fsp3) is 0.800. The van der Waals surface area contributed by atoms with Crippen LogP contribution in [0, 0.1) is 5.92 Å². The van der Waals surface area contributed by atoms with Gasteiger partial charge < -0.3 is 15.4 Å². The number of hydrogen-bond donors (Lipinski definition) is 2. The summed E-state index contributed by atoms with van der Waals surface area (Å²) in [6.07, 6.45) is 1.93. The maximum Gasteiger partial charge on any atom is 0.191 e. The number of morpholine rings is 1. The first-order chi connectivity index (χ1) is 13.0. The Kier molecular flexibility index (Phi) is 8.57. The molecule has 1 aromatic heterocycles. The monoisotopic (exact) mass is 378 g/mol. The Bertz CT molecular complexity index is 604. The molecule has 1 aliphatic rings. The van der Waals surface area contributed by atoms with E-state index in [4.69, 9.17) is 4.74 Å². The Hall–Kier alpha value is -1.60. The van der Waals surface area contributed by atoms with Crippen LogP contribution >= 0.6 is 0 Å². The van der Waals surface area contributed by atoms with Crippen molar-refractivity contribution in [3.8, 4) is 0 Å². The molecule has 2 rings (SSSR count). The summed E-state index contributed by atoms with van der Waals surface area (Å²) in [4.78, 5) is 6.95. The molecule has 0 bridgehead atoms. The first-order valence-corrected chi connectivity index (χ1v) is 10.3. The standard InChI is InChI=1S/C20H38N6O/c1-7-17-16(18(8-2)25(6)24-17)13-22-20(21-5)23-14-19(15(3)4)26-9-11-27-12-10-26/h15,19H,7-14H2,1-6H3,(H2,21,22,23). The molecule has 0 aromatic carbocycles. The molecule has 2 heterocycles.